The summed E-state index contributed by atoms with van der Waals surface area (Å²) in [5.41, 5.74) is 1.88. The van der Waals surface area contributed by atoms with Gasteiger partial charge in [0.25, 0.3) is 5.91 Å². The second kappa shape index (κ2) is 8.83. The Kier molecular flexibility index (Phi) is 5.99. The second-order valence-corrected chi connectivity index (χ2v) is 8.81. The number of carbonyl (C=O) groups excluding carboxylic acids is 2. The van der Waals surface area contributed by atoms with Gasteiger partial charge in [0.2, 0.25) is 0 Å². The van der Waals surface area contributed by atoms with Crippen molar-refractivity contribution in [2.24, 2.45) is 5.92 Å². The molecule has 4 rings (SSSR count). The number of nitrogens with one attached hydrogen (secondary N) is 2. The van der Waals surface area contributed by atoms with Gasteiger partial charge in [0, 0.05) is 35.4 Å². The number of likely N-dealkylation sites (tertiary alicyclic amines) is 1. The molecule has 1 atom stereocenters. The fourth-order valence-corrected chi connectivity index (χ4v) is 4.80. The summed E-state index contributed by atoms with van der Waals surface area (Å²) in [4.78, 5) is 27.5. The fourth-order valence-electron chi connectivity index (χ4n) is 3.75. The van der Waals surface area contributed by atoms with Crippen LogP contribution in [0.5, 0.6) is 0 Å². The van der Waals surface area contributed by atoms with Gasteiger partial charge in [-0.1, -0.05) is 23.8 Å². The van der Waals surface area contributed by atoms with E-state index in [2.05, 4.69) is 10.6 Å². The molecule has 1 aliphatic heterocycles. The molecule has 0 aliphatic carbocycles. The first kappa shape index (κ1) is 20.3. The number of thiophene rings is 1. The van der Waals surface area contributed by atoms with Crippen LogP contribution < -0.4 is 10.6 Å². The number of nitrogens with zero attached hydrogens (tertiary/aromatic N) is 1. The van der Waals surface area contributed by atoms with Gasteiger partial charge in [0.1, 0.15) is 5.82 Å². The first-order valence-corrected chi connectivity index (χ1v) is 10.9. The first-order chi connectivity index (χ1) is 14.5. The molecule has 2 aromatic carbocycles. The van der Waals surface area contributed by atoms with E-state index >= 15 is 0 Å². The lowest BCUT2D eigenvalue weighted by Gasteiger charge is -2.32. The van der Waals surface area contributed by atoms with Crippen molar-refractivity contribution in [1.29, 1.82) is 0 Å². The van der Waals surface area contributed by atoms with Crippen LogP contribution in [0.3, 0.4) is 0 Å². The number of amides is 3. The van der Waals surface area contributed by atoms with E-state index in [1.54, 1.807) is 12.1 Å². The molecule has 5 nitrogen and oxygen atoms in total. The van der Waals surface area contributed by atoms with Gasteiger partial charge in [-0.25, -0.2) is 9.18 Å². The van der Waals surface area contributed by atoms with Gasteiger partial charge in [-0.3, -0.25) is 4.79 Å². The summed E-state index contributed by atoms with van der Waals surface area (Å²) in [6, 6.07) is 13.9. The summed E-state index contributed by atoms with van der Waals surface area (Å²) < 4.78 is 14.7. The molecule has 1 aromatic heterocycles. The minimum absolute atomic E-state index is 0.0654. The lowest BCUT2D eigenvalue weighted by Crippen LogP contribution is -2.44. The molecule has 0 spiro atoms. The number of hydrogen-bond acceptors (Lipinski definition) is 3. The van der Waals surface area contributed by atoms with Crippen molar-refractivity contribution < 1.29 is 14.0 Å². The maximum absolute atomic E-state index is 14.0. The number of carbonyl (C=O) groups is 2. The highest BCUT2D eigenvalue weighted by molar-refractivity contribution is 7.20. The van der Waals surface area contributed by atoms with E-state index in [1.165, 1.54) is 17.4 Å². The molecule has 3 aromatic rings. The Bertz CT molecular complexity index is 1060. The Balaban J connectivity index is 1.33. The Morgan fingerprint density at radius 1 is 1.20 bits per heavy atom. The van der Waals surface area contributed by atoms with Crippen LogP contribution in [-0.4, -0.2) is 36.5 Å². The van der Waals surface area contributed by atoms with Gasteiger partial charge >= 0.3 is 6.03 Å². The van der Waals surface area contributed by atoms with Gasteiger partial charge in [-0.2, -0.15) is 0 Å². The molecule has 7 heteroatoms. The Hall–Kier alpha value is -2.93. The molecule has 0 radical (unpaired) electrons. The number of fused-ring (bicyclic) bond motifs is 1. The summed E-state index contributed by atoms with van der Waals surface area (Å²) >= 11 is 1.32. The quantitative estimate of drug-likeness (QED) is 0.616. The molecular formula is C23H24FN3O2S. The summed E-state index contributed by atoms with van der Waals surface area (Å²) in [5.74, 6) is -0.176. The van der Waals surface area contributed by atoms with Crippen LogP contribution in [0, 0.1) is 18.7 Å². The third-order valence-electron chi connectivity index (χ3n) is 5.39. The van der Waals surface area contributed by atoms with Crippen molar-refractivity contribution in [1.82, 2.24) is 10.2 Å². The predicted molar refractivity (Wildman–Crippen MR) is 119 cm³/mol. The van der Waals surface area contributed by atoms with Crippen LogP contribution in [0.2, 0.25) is 0 Å². The second-order valence-electron chi connectivity index (χ2n) is 7.72. The van der Waals surface area contributed by atoms with Crippen LogP contribution in [0.25, 0.3) is 10.1 Å². The SMILES string of the molecule is Cc1ccc(NC(=O)NCC2CCCN(C(=O)c3cc4c(F)cccc4s3)C2)cc1. The van der Waals surface area contributed by atoms with Crippen LogP contribution in [-0.2, 0) is 0 Å². The van der Waals surface area contributed by atoms with Crippen molar-refractivity contribution in [3.63, 3.8) is 0 Å². The molecule has 0 bridgehead atoms. The highest BCUT2D eigenvalue weighted by Gasteiger charge is 2.26. The zero-order valence-electron chi connectivity index (χ0n) is 16.8. The van der Waals surface area contributed by atoms with Gasteiger partial charge in [-0.05, 0) is 56.0 Å². The van der Waals surface area contributed by atoms with E-state index in [9.17, 15) is 14.0 Å². The highest BCUT2D eigenvalue weighted by atomic mass is 32.1. The number of aryl methyl sites for hydroxylation is 1. The van der Waals surface area contributed by atoms with Crippen LogP contribution in [0.4, 0.5) is 14.9 Å². The molecule has 1 unspecified atom stereocenters. The average Bonchev–Trinajstić information content (AvgIpc) is 3.19. The van der Waals surface area contributed by atoms with E-state index in [4.69, 9.17) is 0 Å². The van der Waals surface area contributed by atoms with E-state index in [0.717, 1.165) is 28.8 Å². The average molecular weight is 426 g/mol. The molecule has 0 saturated carbocycles. The lowest BCUT2D eigenvalue weighted by molar-refractivity contribution is 0.0680. The van der Waals surface area contributed by atoms with Crippen molar-refractivity contribution in [2.75, 3.05) is 25.0 Å². The molecule has 2 N–H and O–H groups in total. The Morgan fingerprint density at radius 3 is 2.77 bits per heavy atom. The summed E-state index contributed by atoms with van der Waals surface area (Å²) in [6.45, 7) is 3.76. The number of anilines is 1. The Morgan fingerprint density at radius 2 is 2.00 bits per heavy atom. The summed E-state index contributed by atoms with van der Waals surface area (Å²) in [5, 5.41) is 6.23. The van der Waals surface area contributed by atoms with Crippen LogP contribution >= 0.6 is 11.3 Å². The number of urea groups is 1. The van der Waals surface area contributed by atoms with Crippen molar-refractivity contribution >= 4 is 39.0 Å². The van der Waals surface area contributed by atoms with E-state index in [1.807, 2.05) is 42.2 Å². The molecule has 30 heavy (non-hydrogen) atoms. The van der Waals surface area contributed by atoms with Gasteiger partial charge in [-0.15, -0.1) is 11.3 Å². The third kappa shape index (κ3) is 4.62. The monoisotopic (exact) mass is 425 g/mol. The molecule has 1 aliphatic rings. The van der Waals surface area contributed by atoms with Gasteiger partial charge in [0.15, 0.2) is 0 Å². The minimum atomic E-state index is -0.303. The highest BCUT2D eigenvalue weighted by Crippen LogP contribution is 2.29. The number of halogens is 1. The van der Waals surface area contributed by atoms with Crippen molar-refractivity contribution in [3.8, 4) is 0 Å². The smallest absolute Gasteiger partial charge is 0.319 e. The molecule has 156 valence electrons. The van der Waals surface area contributed by atoms with E-state index in [-0.39, 0.29) is 23.7 Å². The molecule has 1 saturated heterocycles. The largest absolute Gasteiger partial charge is 0.338 e. The van der Waals surface area contributed by atoms with E-state index in [0.29, 0.717) is 29.9 Å². The molecular weight excluding hydrogens is 401 g/mol. The molecule has 2 heterocycles. The summed E-state index contributed by atoms with van der Waals surface area (Å²) in [7, 11) is 0. The number of piperidine rings is 1. The number of hydrogen-bond donors (Lipinski definition) is 2. The van der Waals surface area contributed by atoms with Crippen molar-refractivity contribution in [2.45, 2.75) is 19.8 Å². The first-order valence-electron chi connectivity index (χ1n) is 10.1. The van der Waals surface area contributed by atoms with Gasteiger partial charge < -0.3 is 15.5 Å². The zero-order chi connectivity index (χ0) is 21.1. The topological polar surface area (TPSA) is 61.4 Å². The zero-order valence-corrected chi connectivity index (χ0v) is 17.6. The Labute approximate surface area is 178 Å². The van der Waals surface area contributed by atoms with Gasteiger partial charge in [0.05, 0.1) is 4.88 Å². The lowest BCUT2D eigenvalue weighted by atomic mass is 9.98. The number of benzene rings is 2. The molecule has 3 amide bonds. The summed E-state index contributed by atoms with van der Waals surface area (Å²) in [6.07, 6.45) is 1.84. The van der Waals surface area contributed by atoms with Crippen LogP contribution in [0.1, 0.15) is 28.1 Å². The van der Waals surface area contributed by atoms with Crippen LogP contribution in [0.15, 0.2) is 48.5 Å². The minimum Gasteiger partial charge on any atom is -0.338 e. The standard InChI is InChI=1S/C23H24FN3O2S/c1-15-7-9-17(10-8-15)26-23(29)25-13-16-4-3-11-27(14-16)22(28)21-12-18-19(24)5-2-6-20(18)30-21/h2,5-10,12,16H,3-4,11,13-14H2,1H3,(H2,25,26,29). The number of rotatable bonds is 4. The normalized spacial score (nSPS) is 16.5. The molecule has 1 fully saturated rings. The third-order valence-corrected chi connectivity index (χ3v) is 6.47. The predicted octanol–water partition coefficient (Wildman–Crippen LogP) is 5.02. The maximum Gasteiger partial charge on any atom is 0.319 e. The van der Waals surface area contributed by atoms with E-state index < -0.39 is 0 Å². The fraction of sp³-hybridized carbons (Fsp3) is 0.304. The maximum atomic E-state index is 14.0. The van der Waals surface area contributed by atoms with Crippen molar-refractivity contribution in [3.05, 3.63) is 64.8 Å².